The summed E-state index contributed by atoms with van der Waals surface area (Å²) >= 11 is 0. The number of hydrogen-bond donors (Lipinski definition) is 2. The number of nitrogens with zero attached hydrogens (tertiary/aromatic N) is 3. The fourth-order valence-corrected chi connectivity index (χ4v) is 5.64. The number of aryl methyl sites for hydroxylation is 1. The number of carbonyl (C=O) groups is 2. The Hall–Kier alpha value is -4.20. The second kappa shape index (κ2) is 12.8. The van der Waals surface area contributed by atoms with Crippen LogP contribution >= 0.6 is 0 Å². The maximum Gasteiger partial charge on any atom is 0.323 e. The SMILES string of the molecule is CCc1ccccc1NC(=O)Nc1ccc(N2CCN(c3ccccc3OC)CC2)c(C(=O)N2CCCCC2)c1. The number of amides is 3. The Kier molecular flexibility index (Phi) is 8.74. The third-order valence-electron chi connectivity index (χ3n) is 7.82. The first-order chi connectivity index (χ1) is 19.6. The molecule has 0 radical (unpaired) electrons. The third-order valence-corrected chi connectivity index (χ3v) is 7.82. The van der Waals surface area contributed by atoms with Crippen LogP contribution in [0.3, 0.4) is 0 Å². The zero-order valence-electron chi connectivity index (χ0n) is 23.5. The molecule has 8 nitrogen and oxygen atoms in total. The summed E-state index contributed by atoms with van der Waals surface area (Å²) in [5.74, 6) is 0.898. The molecule has 40 heavy (non-hydrogen) atoms. The lowest BCUT2D eigenvalue weighted by Gasteiger charge is -2.39. The van der Waals surface area contributed by atoms with Crippen LogP contribution in [0.1, 0.15) is 42.1 Å². The number of ether oxygens (including phenoxy) is 1. The van der Waals surface area contributed by atoms with Crippen LogP contribution in [0.25, 0.3) is 0 Å². The summed E-state index contributed by atoms with van der Waals surface area (Å²) in [4.78, 5) is 33.3. The van der Waals surface area contributed by atoms with Crippen molar-refractivity contribution in [2.24, 2.45) is 0 Å². The molecule has 0 saturated carbocycles. The number of carbonyl (C=O) groups excluding carboxylic acids is 2. The quantitative estimate of drug-likeness (QED) is 0.392. The zero-order chi connectivity index (χ0) is 27.9. The average molecular weight is 542 g/mol. The molecule has 3 amide bonds. The van der Waals surface area contributed by atoms with E-state index >= 15 is 0 Å². The molecular weight excluding hydrogens is 502 g/mol. The van der Waals surface area contributed by atoms with Gasteiger partial charge in [0.05, 0.1) is 18.4 Å². The second-order valence-corrected chi connectivity index (χ2v) is 10.3. The van der Waals surface area contributed by atoms with Crippen LogP contribution in [0.4, 0.5) is 27.5 Å². The number of hydrogen-bond acceptors (Lipinski definition) is 5. The van der Waals surface area contributed by atoms with Gasteiger partial charge in [0.1, 0.15) is 5.75 Å². The van der Waals surface area contributed by atoms with E-state index in [1.165, 1.54) is 0 Å². The summed E-state index contributed by atoms with van der Waals surface area (Å²) in [7, 11) is 1.70. The van der Waals surface area contributed by atoms with Gasteiger partial charge in [0.2, 0.25) is 0 Å². The lowest BCUT2D eigenvalue weighted by atomic mass is 10.1. The first-order valence-electron chi connectivity index (χ1n) is 14.3. The van der Waals surface area contributed by atoms with Gasteiger partial charge in [-0.2, -0.15) is 0 Å². The average Bonchev–Trinajstić information content (AvgIpc) is 3.01. The summed E-state index contributed by atoms with van der Waals surface area (Å²) in [6, 6.07) is 21.3. The molecule has 0 bridgehead atoms. The number of para-hydroxylation sites is 3. The Balaban J connectivity index is 1.35. The van der Waals surface area contributed by atoms with Crippen LogP contribution in [0.5, 0.6) is 5.75 Å². The van der Waals surface area contributed by atoms with Crippen LogP contribution in [0.2, 0.25) is 0 Å². The van der Waals surface area contributed by atoms with E-state index in [-0.39, 0.29) is 11.9 Å². The van der Waals surface area contributed by atoms with Gasteiger partial charge in [0, 0.05) is 56.3 Å². The van der Waals surface area contributed by atoms with E-state index in [4.69, 9.17) is 4.74 Å². The molecular formula is C32H39N5O3. The van der Waals surface area contributed by atoms with Gasteiger partial charge in [0.15, 0.2) is 0 Å². The minimum Gasteiger partial charge on any atom is -0.495 e. The Morgan fingerprint density at radius 1 is 0.775 bits per heavy atom. The molecule has 2 saturated heterocycles. The van der Waals surface area contributed by atoms with Crippen LogP contribution in [0.15, 0.2) is 66.7 Å². The summed E-state index contributed by atoms with van der Waals surface area (Å²) in [6.45, 7) is 6.79. The van der Waals surface area contributed by atoms with Gasteiger partial charge in [-0.1, -0.05) is 37.3 Å². The lowest BCUT2D eigenvalue weighted by molar-refractivity contribution is 0.0725. The normalized spacial score (nSPS) is 15.5. The van der Waals surface area contributed by atoms with Crippen molar-refractivity contribution < 1.29 is 14.3 Å². The number of benzene rings is 3. The van der Waals surface area contributed by atoms with Crippen molar-refractivity contribution in [3.05, 3.63) is 77.9 Å². The smallest absolute Gasteiger partial charge is 0.323 e. The second-order valence-electron chi connectivity index (χ2n) is 10.3. The first-order valence-corrected chi connectivity index (χ1v) is 14.3. The minimum atomic E-state index is -0.324. The van der Waals surface area contributed by atoms with Crippen molar-refractivity contribution in [3.8, 4) is 5.75 Å². The van der Waals surface area contributed by atoms with E-state index in [1.54, 1.807) is 7.11 Å². The zero-order valence-corrected chi connectivity index (χ0v) is 23.5. The number of piperazine rings is 1. The van der Waals surface area contributed by atoms with E-state index in [1.807, 2.05) is 65.6 Å². The van der Waals surface area contributed by atoms with Crippen molar-refractivity contribution in [2.45, 2.75) is 32.6 Å². The van der Waals surface area contributed by atoms with Gasteiger partial charge in [-0.15, -0.1) is 0 Å². The summed E-state index contributed by atoms with van der Waals surface area (Å²) in [5, 5.41) is 5.91. The topological polar surface area (TPSA) is 77.1 Å². The summed E-state index contributed by atoms with van der Waals surface area (Å²) in [6.07, 6.45) is 4.03. The molecule has 210 valence electrons. The van der Waals surface area contributed by atoms with Gasteiger partial charge < -0.3 is 30.1 Å². The third kappa shape index (κ3) is 6.17. The summed E-state index contributed by atoms with van der Waals surface area (Å²) < 4.78 is 5.58. The van der Waals surface area contributed by atoms with Crippen molar-refractivity contribution in [1.29, 1.82) is 0 Å². The molecule has 2 aliphatic heterocycles. The highest BCUT2D eigenvalue weighted by Crippen LogP contribution is 2.32. The molecule has 5 rings (SSSR count). The first kappa shape index (κ1) is 27.4. The number of nitrogens with one attached hydrogen (secondary N) is 2. The number of piperidine rings is 1. The van der Waals surface area contributed by atoms with E-state index in [2.05, 4.69) is 33.4 Å². The monoisotopic (exact) mass is 541 g/mol. The number of urea groups is 1. The molecule has 3 aromatic rings. The van der Waals surface area contributed by atoms with Gasteiger partial charge in [-0.3, -0.25) is 4.79 Å². The van der Waals surface area contributed by atoms with Gasteiger partial charge in [0.25, 0.3) is 5.91 Å². The molecule has 2 fully saturated rings. The van der Waals surface area contributed by atoms with Crippen molar-refractivity contribution in [3.63, 3.8) is 0 Å². The fourth-order valence-electron chi connectivity index (χ4n) is 5.64. The molecule has 2 aliphatic rings. The lowest BCUT2D eigenvalue weighted by Crippen LogP contribution is -2.47. The van der Waals surface area contributed by atoms with Crippen molar-refractivity contribution in [2.75, 3.05) is 66.8 Å². The highest BCUT2D eigenvalue weighted by Gasteiger charge is 2.26. The predicted octanol–water partition coefficient (Wildman–Crippen LogP) is 5.85. The van der Waals surface area contributed by atoms with Crippen LogP contribution in [0, 0.1) is 0 Å². The van der Waals surface area contributed by atoms with E-state index in [9.17, 15) is 9.59 Å². The molecule has 0 atom stereocenters. The van der Waals surface area contributed by atoms with Crippen molar-refractivity contribution >= 4 is 34.7 Å². The number of methoxy groups -OCH3 is 1. The summed E-state index contributed by atoms with van der Waals surface area (Å²) in [5.41, 5.74) is 5.10. The Labute approximate surface area is 236 Å². The number of anilines is 4. The molecule has 0 spiro atoms. The van der Waals surface area contributed by atoms with E-state index < -0.39 is 0 Å². The van der Waals surface area contributed by atoms with Gasteiger partial charge >= 0.3 is 6.03 Å². The largest absolute Gasteiger partial charge is 0.495 e. The van der Waals surface area contributed by atoms with Gasteiger partial charge in [-0.05, 0) is 67.6 Å². The maximum absolute atomic E-state index is 13.8. The molecule has 2 N–H and O–H groups in total. The number of rotatable bonds is 7. The fraction of sp³-hybridized carbons (Fsp3) is 0.375. The predicted molar refractivity (Wildman–Crippen MR) is 162 cm³/mol. The molecule has 2 heterocycles. The molecule has 3 aromatic carbocycles. The molecule has 0 aromatic heterocycles. The number of likely N-dealkylation sites (tertiary alicyclic amines) is 1. The standard InChI is InChI=1S/C32H39N5O3/c1-3-24-11-5-6-12-27(24)34-32(39)33-25-15-16-28(26(23-25)31(38)37-17-9-4-10-18-37)35-19-21-36(22-20-35)29-13-7-8-14-30(29)40-2/h5-8,11-16,23H,3-4,9-10,17-22H2,1-2H3,(H2,33,34,39). The molecule has 8 heteroatoms. The minimum absolute atomic E-state index is 0.0299. The van der Waals surface area contributed by atoms with E-state index in [0.29, 0.717) is 11.3 Å². The van der Waals surface area contributed by atoms with Crippen molar-refractivity contribution in [1.82, 2.24) is 4.90 Å². The van der Waals surface area contributed by atoms with Gasteiger partial charge in [-0.25, -0.2) is 4.79 Å². The molecule has 0 aliphatic carbocycles. The van der Waals surface area contributed by atoms with Crippen LogP contribution in [-0.2, 0) is 6.42 Å². The maximum atomic E-state index is 13.8. The Morgan fingerprint density at radius 3 is 2.17 bits per heavy atom. The van der Waals surface area contributed by atoms with E-state index in [0.717, 1.165) is 93.3 Å². The molecule has 0 unspecified atom stereocenters. The van der Waals surface area contributed by atoms with Crippen LogP contribution < -0.4 is 25.2 Å². The highest BCUT2D eigenvalue weighted by molar-refractivity contribution is 6.04. The Bertz CT molecular complexity index is 1330. The highest BCUT2D eigenvalue weighted by atomic mass is 16.5. The Morgan fingerprint density at radius 2 is 1.45 bits per heavy atom. The van der Waals surface area contributed by atoms with Crippen LogP contribution in [-0.4, -0.2) is 63.2 Å².